The zero-order valence-electron chi connectivity index (χ0n) is 24.2. The topological polar surface area (TPSA) is 110 Å². The first-order valence-corrected chi connectivity index (χ1v) is 15.7. The molecule has 3 bridgehead atoms. The van der Waals surface area contributed by atoms with Gasteiger partial charge in [-0.25, -0.2) is 9.11 Å². The van der Waals surface area contributed by atoms with Gasteiger partial charge in [-0.05, 0) is 48.6 Å². The summed E-state index contributed by atoms with van der Waals surface area (Å²) < 4.78 is 56.9. The van der Waals surface area contributed by atoms with Crippen molar-refractivity contribution in [2.75, 3.05) is 47.0 Å². The van der Waals surface area contributed by atoms with Gasteiger partial charge in [-0.3, -0.25) is 9.59 Å². The van der Waals surface area contributed by atoms with Gasteiger partial charge in [0.1, 0.15) is 11.6 Å². The van der Waals surface area contributed by atoms with Crippen LogP contribution in [-0.2, 0) is 26.8 Å². The number of hydrogen-bond donors (Lipinski definition) is 1. The van der Waals surface area contributed by atoms with E-state index in [1.165, 1.54) is 24.1 Å². The van der Waals surface area contributed by atoms with Crippen LogP contribution in [0.5, 0.6) is 5.75 Å². The minimum absolute atomic E-state index is 0.0106. The first kappa shape index (κ1) is 30.0. The largest absolute Gasteiger partial charge is 0.483 e. The predicted molar refractivity (Wildman–Crippen MR) is 157 cm³/mol. The van der Waals surface area contributed by atoms with E-state index in [0.717, 1.165) is 58.6 Å². The van der Waals surface area contributed by atoms with Crippen LogP contribution in [0.3, 0.4) is 0 Å². The highest BCUT2D eigenvalue weighted by Gasteiger charge is 2.29. The van der Waals surface area contributed by atoms with E-state index >= 15 is 0 Å². The van der Waals surface area contributed by atoms with Gasteiger partial charge in [-0.2, -0.15) is 12.7 Å². The fourth-order valence-corrected chi connectivity index (χ4v) is 6.62. The lowest BCUT2D eigenvalue weighted by Crippen LogP contribution is -2.43. The Morgan fingerprint density at radius 3 is 2.45 bits per heavy atom. The zero-order valence-corrected chi connectivity index (χ0v) is 25.0. The van der Waals surface area contributed by atoms with Crippen molar-refractivity contribution in [2.45, 2.75) is 38.0 Å². The number of nitrogens with zero attached hydrogens (tertiary/aromatic N) is 3. The fourth-order valence-electron chi connectivity index (χ4n) is 5.79. The molecule has 2 aromatic carbocycles. The number of ether oxygens (including phenoxy) is 2. The standard InChI is InChI=1S/C30H37FN4O6S/c1-33-13-15-40-16-14-34(2)42(38,39)32-30(37)21-9-11-23-25(17-21)35(3)29(28(23)20-7-5-4-6-8-20)24-12-10-22(31)18-26(24)41-19-27(33)36/h9-12,17-18,20H,4-8,13-16,19H2,1-3H3,(H,32,37). The number of amides is 2. The number of hydrogen-bond acceptors (Lipinski definition) is 6. The molecule has 0 atom stereocenters. The van der Waals surface area contributed by atoms with Crippen molar-refractivity contribution in [3.05, 3.63) is 53.3 Å². The molecule has 226 valence electrons. The van der Waals surface area contributed by atoms with Crippen LogP contribution in [0.15, 0.2) is 36.4 Å². The van der Waals surface area contributed by atoms with Crippen molar-refractivity contribution < 1.29 is 31.9 Å². The third-order valence-electron chi connectivity index (χ3n) is 8.24. The van der Waals surface area contributed by atoms with E-state index in [4.69, 9.17) is 9.47 Å². The number of halogens is 1. The number of aromatic nitrogens is 1. The van der Waals surface area contributed by atoms with Gasteiger partial charge < -0.3 is 18.9 Å². The summed E-state index contributed by atoms with van der Waals surface area (Å²) >= 11 is 0. The van der Waals surface area contributed by atoms with Crippen LogP contribution >= 0.6 is 0 Å². The molecule has 12 heteroatoms. The molecule has 10 nitrogen and oxygen atoms in total. The predicted octanol–water partition coefficient (Wildman–Crippen LogP) is 3.81. The number of aryl methyl sites for hydroxylation is 1. The van der Waals surface area contributed by atoms with Crippen LogP contribution < -0.4 is 9.46 Å². The Morgan fingerprint density at radius 1 is 0.952 bits per heavy atom. The molecule has 0 spiro atoms. The van der Waals surface area contributed by atoms with E-state index in [1.807, 2.05) is 17.7 Å². The molecule has 1 N–H and O–H groups in total. The maximum Gasteiger partial charge on any atom is 0.303 e. The highest BCUT2D eigenvalue weighted by atomic mass is 32.2. The summed E-state index contributed by atoms with van der Waals surface area (Å²) in [5.41, 5.74) is 3.46. The summed E-state index contributed by atoms with van der Waals surface area (Å²) in [5, 5.41) is 0.935. The maximum absolute atomic E-state index is 14.5. The monoisotopic (exact) mass is 600 g/mol. The Labute approximate surface area is 245 Å². The van der Waals surface area contributed by atoms with Crippen molar-refractivity contribution in [1.29, 1.82) is 0 Å². The van der Waals surface area contributed by atoms with Crippen molar-refractivity contribution in [3.8, 4) is 17.0 Å². The number of rotatable bonds is 1. The first-order chi connectivity index (χ1) is 20.1. The summed E-state index contributed by atoms with van der Waals surface area (Å²) in [4.78, 5) is 27.5. The molecule has 1 aliphatic heterocycles. The van der Waals surface area contributed by atoms with Gasteiger partial charge in [0.05, 0.1) is 18.9 Å². The Morgan fingerprint density at radius 2 is 1.69 bits per heavy atom. The number of likely N-dealkylation sites (N-methyl/N-ethyl adjacent to an activating group) is 2. The minimum atomic E-state index is -4.12. The van der Waals surface area contributed by atoms with Gasteiger partial charge in [-0.15, -0.1) is 0 Å². The van der Waals surface area contributed by atoms with Gasteiger partial charge in [0, 0.05) is 62.3 Å². The Balaban J connectivity index is 1.67. The Bertz CT molecular complexity index is 1600. The van der Waals surface area contributed by atoms with Gasteiger partial charge >= 0.3 is 10.2 Å². The number of carbonyl (C=O) groups is 2. The van der Waals surface area contributed by atoms with Crippen molar-refractivity contribution in [2.24, 2.45) is 7.05 Å². The summed E-state index contributed by atoms with van der Waals surface area (Å²) in [6.45, 7) is 0.211. The van der Waals surface area contributed by atoms with Crippen molar-refractivity contribution >= 4 is 32.9 Å². The highest BCUT2D eigenvalue weighted by Crippen LogP contribution is 2.46. The third kappa shape index (κ3) is 6.16. The molecule has 2 heterocycles. The minimum Gasteiger partial charge on any atom is -0.483 e. The number of benzene rings is 2. The second-order valence-electron chi connectivity index (χ2n) is 11.0. The van der Waals surface area contributed by atoms with E-state index in [-0.39, 0.29) is 56.0 Å². The summed E-state index contributed by atoms with van der Waals surface area (Å²) in [7, 11) is 0.724. The maximum atomic E-state index is 14.5. The van der Waals surface area contributed by atoms with E-state index in [2.05, 4.69) is 4.72 Å². The van der Waals surface area contributed by atoms with Crippen LogP contribution in [-0.4, -0.2) is 81.0 Å². The van der Waals surface area contributed by atoms with Crippen LogP contribution in [0, 0.1) is 5.82 Å². The van der Waals surface area contributed by atoms with Crippen molar-refractivity contribution in [1.82, 2.24) is 18.5 Å². The molecule has 5 rings (SSSR count). The molecular formula is C30H37FN4O6S. The Kier molecular flexibility index (Phi) is 8.86. The molecule has 0 unspecified atom stereocenters. The normalized spacial score (nSPS) is 20.0. The van der Waals surface area contributed by atoms with Gasteiger partial charge in [-0.1, -0.05) is 25.3 Å². The van der Waals surface area contributed by atoms with Crippen LogP contribution in [0.25, 0.3) is 22.2 Å². The van der Waals surface area contributed by atoms with Crippen LogP contribution in [0.1, 0.15) is 53.9 Å². The molecule has 42 heavy (non-hydrogen) atoms. The average Bonchev–Trinajstić information content (AvgIpc) is 3.26. The van der Waals surface area contributed by atoms with Gasteiger partial charge in [0.2, 0.25) is 0 Å². The summed E-state index contributed by atoms with van der Waals surface area (Å²) in [5.74, 6) is -1.05. The van der Waals surface area contributed by atoms with Gasteiger partial charge in [0.15, 0.2) is 6.61 Å². The molecule has 1 aliphatic carbocycles. The van der Waals surface area contributed by atoms with E-state index in [1.54, 1.807) is 25.2 Å². The summed E-state index contributed by atoms with van der Waals surface area (Å²) in [6, 6.07) is 9.49. The Hall–Kier alpha value is -3.48. The van der Waals surface area contributed by atoms with E-state index in [0.29, 0.717) is 5.56 Å². The first-order valence-electron chi connectivity index (χ1n) is 14.2. The van der Waals surface area contributed by atoms with Gasteiger partial charge in [0.25, 0.3) is 11.8 Å². The van der Waals surface area contributed by atoms with Crippen LogP contribution in [0.4, 0.5) is 4.39 Å². The second kappa shape index (κ2) is 12.4. The molecule has 0 saturated heterocycles. The van der Waals surface area contributed by atoms with E-state index < -0.39 is 21.9 Å². The smallest absolute Gasteiger partial charge is 0.303 e. The lowest BCUT2D eigenvalue weighted by atomic mass is 9.81. The molecule has 2 aliphatic rings. The average molecular weight is 601 g/mol. The molecule has 0 radical (unpaired) electrons. The quantitative estimate of drug-likeness (QED) is 0.455. The molecule has 1 fully saturated rings. The summed E-state index contributed by atoms with van der Waals surface area (Å²) in [6.07, 6.45) is 5.31. The van der Waals surface area contributed by atoms with Crippen molar-refractivity contribution in [3.63, 3.8) is 0 Å². The lowest BCUT2D eigenvalue weighted by molar-refractivity contribution is -0.132. The fraction of sp³-hybridized carbons (Fsp3) is 0.467. The highest BCUT2D eigenvalue weighted by molar-refractivity contribution is 7.87. The molecule has 1 saturated carbocycles. The SMILES string of the molecule is CN1CCOCCN(C)S(=O)(=O)NC(=O)c2ccc3c(C4CCCCC4)c(n(C)c3c2)-c2ccc(F)cc2OCC1=O. The molecule has 2 amide bonds. The number of nitrogens with one attached hydrogen (secondary N) is 1. The molecule has 1 aromatic heterocycles. The third-order valence-corrected chi connectivity index (χ3v) is 9.69. The lowest BCUT2D eigenvalue weighted by Gasteiger charge is -2.24. The molecular weight excluding hydrogens is 563 g/mol. The number of fused-ring (bicyclic) bond motifs is 4. The zero-order chi connectivity index (χ0) is 30.0. The van der Waals surface area contributed by atoms with E-state index in [9.17, 15) is 22.4 Å². The number of carbonyl (C=O) groups excluding carboxylic acids is 2. The van der Waals surface area contributed by atoms with Crippen LogP contribution in [0.2, 0.25) is 0 Å². The molecule has 3 aromatic rings. The second-order valence-corrected chi connectivity index (χ2v) is 12.8.